The maximum Gasteiger partial charge on any atom is 0.326 e. The Hall–Kier alpha value is -2.08. The molecule has 1 aromatic rings. The highest BCUT2D eigenvalue weighted by molar-refractivity contribution is 6.30. The van der Waals surface area contributed by atoms with E-state index >= 15 is 0 Å². The average molecular weight is 341 g/mol. The molecule has 0 saturated carbocycles. The van der Waals surface area contributed by atoms with Crippen LogP contribution in [0.2, 0.25) is 5.02 Å². The van der Waals surface area contributed by atoms with Crippen LogP contribution in [0.1, 0.15) is 38.8 Å². The fraction of sp³-hybridized carbons (Fsp3) is 0.438. The molecule has 0 fully saturated rings. The van der Waals surface area contributed by atoms with Crippen molar-refractivity contribution in [3.8, 4) is 0 Å². The van der Waals surface area contributed by atoms with Gasteiger partial charge in [-0.1, -0.05) is 37.6 Å². The zero-order valence-electron chi connectivity index (χ0n) is 13.3. The zero-order valence-corrected chi connectivity index (χ0v) is 14.1. The summed E-state index contributed by atoms with van der Waals surface area (Å²) < 4.78 is 0. The molecule has 0 spiro atoms. The predicted octanol–water partition coefficient (Wildman–Crippen LogP) is 2.13. The van der Waals surface area contributed by atoms with Crippen LogP contribution in [0.15, 0.2) is 24.3 Å². The number of amides is 2. The molecule has 3 N–H and O–H groups in total. The van der Waals surface area contributed by atoms with Gasteiger partial charge in [0.15, 0.2) is 0 Å². The molecule has 0 aliphatic carbocycles. The van der Waals surface area contributed by atoms with Crippen LogP contribution in [-0.2, 0) is 14.4 Å². The lowest BCUT2D eigenvalue weighted by Gasteiger charge is -2.21. The van der Waals surface area contributed by atoms with Crippen LogP contribution < -0.4 is 10.6 Å². The van der Waals surface area contributed by atoms with Gasteiger partial charge >= 0.3 is 5.97 Å². The Morgan fingerprint density at radius 3 is 2.13 bits per heavy atom. The molecule has 2 atom stereocenters. The molecule has 1 aromatic carbocycles. The maximum atomic E-state index is 12.1. The van der Waals surface area contributed by atoms with Crippen molar-refractivity contribution >= 4 is 29.4 Å². The van der Waals surface area contributed by atoms with Gasteiger partial charge in [0.1, 0.15) is 6.04 Å². The summed E-state index contributed by atoms with van der Waals surface area (Å²) in [5, 5.41) is 14.8. The lowest BCUT2D eigenvalue weighted by atomic mass is 10.0. The maximum absolute atomic E-state index is 12.1. The van der Waals surface area contributed by atoms with E-state index < -0.39 is 24.0 Å². The summed E-state index contributed by atoms with van der Waals surface area (Å²) in [5.41, 5.74) is 0.719. The van der Waals surface area contributed by atoms with Crippen molar-refractivity contribution in [1.29, 1.82) is 0 Å². The van der Waals surface area contributed by atoms with E-state index in [4.69, 9.17) is 16.7 Å². The van der Waals surface area contributed by atoms with E-state index in [1.807, 2.05) is 0 Å². The quantitative estimate of drug-likeness (QED) is 0.708. The lowest BCUT2D eigenvalue weighted by Crippen LogP contribution is -2.45. The van der Waals surface area contributed by atoms with Crippen molar-refractivity contribution in [2.45, 2.75) is 39.3 Å². The second kappa shape index (κ2) is 8.53. The van der Waals surface area contributed by atoms with Crippen molar-refractivity contribution in [1.82, 2.24) is 10.6 Å². The number of carboxylic acid groups (broad SMARTS) is 1. The Balaban J connectivity index is 2.84. The molecule has 126 valence electrons. The van der Waals surface area contributed by atoms with Gasteiger partial charge in [-0.3, -0.25) is 9.59 Å². The van der Waals surface area contributed by atoms with Gasteiger partial charge in [-0.2, -0.15) is 0 Å². The van der Waals surface area contributed by atoms with E-state index in [1.54, 1.807) is 38.1 Å². The molecule has 0 aliphatic heterocycles. The van der Waals surface area contributed by atoms with Gasteiger partial charge in [0.05, 0.1) is 12.5 Å². The van der Waals surface area contributed by atoms with Crippen LogP contribution in [0.3, 0.4) is 0 Å². The summed E-state index contributed by atoms with van der Waals surface area (Å²) >= 11 is 5.83. The minimum absolute atomic E-state index is 0.0578. The fourth-order valence-electron chi connectivity index (χ4n) is 2.12. The Morgan fingerprint density at radius 1 is 1.13 bits per heavy atom. The molecule has 6 nitrogen and oxygen atoms in total. The van der Waals surface area contributed by atoms with Gasteiger partial charge in [-0.15, -0.1) is 0 Å². The van der Waals surface area contributed by atoms with Crippen molar-refractivity contribution < 1.29 is 19.5 Å². The molecule has 0 saturated heterocycles. The Bertz CT molecular complexity index is 572. The molecule has 0 radical (unpaired) electrons. The topological polar surface area (TPSA) is 95.5 Å². The Kier molecular flexibility index (Phi) is 7.03. The second-order valence-electron chi connectivity index (χ2n) is 5.64. The van der Waals surface area contributed by atoms with Crippen LogP contribution in [0.4, 0.5) is 0 Å². The van der Waals surface area contributed by atoms with E-state index in [9.17, 15) is 14.4 Å². The number of carbonyl (C=O) groups excluding carboxylic acids is 2. The normalized spacial score (nSPS) is 13.3. The molecule has 0 heterocycles. The minimum atomic E-state index is -1.09. The highest BCUT2D eigenvalue weighted by Crippen LogP contribution is 2.19. The highest BCUT2D eigenvalue weighted by Gasteiger charge is 2.25. The summed E-state index contributed by atoms with van der Waals surface area (Å²) in [5.74, 6) is -2.06. The number of carboxylic acids is 1. The highest BCUT2D eigenvalue weighted by atomic mass is 35.5. The smallest absolute Gasteiger partial charge is 0.326 e. The molecule has 1 rings (SSSR count). The molecular formula is C16H21ClN2O4. The fourth-order valence-corrected chi connectivity index (χ4v) is 2.25. The molecule has 0 bridgehead atoms. The number of hydrogen-bond acceptors (Lipinski definition) is 3. The van der Waals surface area contributed by atoms with Gasteiger partial charge in [0, 0.05) is 11.9 Å². The molecule has 7 heteroatoms. The van der Waals surface area contributed by atoms with Crippen LogP contribution in [-0.4, -0.2) is 28.9 Å². The van der Waals surface area contributed by atoms with E-state index in [0.29, 0.717) is 5.02 Å². The van der Waals surface area contributed by atoms with E-state index in [1.165, 1.54) is 6.92 Å². The van der Waals surface area contributed by atoms with Gasteiger partial charge in [-0.25, -0.2) is 4.79 Å². The van der Waals surface area contributed by atoms with Crippen LogP contribution in [0.5, 0.6) is 0 Å². The Morgan fingerprint density at radius 2 is 1.70 bits per heavy atom. The zero-order chi connectivity index (χ0) is 17.6. The first-order valence-corrected chi connectivity index (χ1v) is 7.63. The van der Waals surface area contributed by atoms with E-state index in [-0.39, 0.29) is 18.2 Å². The second-order valence-corrected chi connectivity index (χ2v) is 6.07. The summed E-state index contributed by atoms with van der Waals surface area (Å²) in [6, 6.07) is 5.24. The number of carbonyl (C=O) groups is 3. The van der Waals surface area contributed by atoms with Crippen molar-refractivity contribution in [3.63, 3.8) is 0 Å². The van der Waals surface area contributed by atoms with Crippen LogP contribution in [0, 0.1) is 5.92 Å². The lowest BCUT2D eigenvalue weighted by molar-refractivity contribution is -0.143. The summed E-state index contributed by atoms with van der Waals surface area (Å²) in [6.45, 7) is 4.78. The standard InChI is InChI=1S/C16H21ClN2O4/c1-9(2)15(16(22)23)19-14(21)8-13(18-10(3)20)11-4-6-12(17)7-5-11/h4-7,9,13,15H,8H2,1-3H3,(H,18,20)(H,19,21)(H,22,23)/t13?,15-/m1/s1. The molecule has 2 amide bonds. The number of benzene rings is 1. The first-order valence-electron chi connectivity index (χ1n) is 7.25. The van der Waals surface area contributed by atoms with E-state index in [0.717, 1.165) is 5.56 Å². The third-order valence-electron chi connectivity index (χ3n) is 3.29. The number of halogens is 1. The van der Waals surface area contributed by atoms with Crippen molar-refractivity contribution in [2.24, 2.45) is 5.92 Å². The summed E-state index contributed by atoms with van der Waals surface area (Å²) in [4.78, 5) is 34.6. The molecule has 0 aliphatic rings. The minimum Gasteiger partial charge on any atom is -0.480 e. The predicted molar refractivity (Wildman–Crippen MR) is 87.0 cm³/mol. The van der Waals surface area contributed by atoms with E-state index in [2.05, 4.69) is 10.6 Å². The van der Waals surface area contributed by atoms with Gasteiger partial charge in [-0.05, 0) is 23.6 Å². The molecular weight excluding hydrogens is 320 g/mol. The van der Waals surface area contributed by atoms with Gasteiger partial charge in [0.25, 0.3) is 0 Å². The van der Waals surface area contributed by atoms with Gasteiger partial charge < -0.3 is 15.7 Å². The van der Waals surface area contributed by atoms with Crippen LogP contribution in [0.25, 0.3) is 0 Å². The number of rotatable bonds is 7. The Labute approximate surface area is 140 Å². The first kappa shape index (κ1) is 19.0. The van der Waals surface area contributed by atoms with Crippen molar-refractivity contribution in [2.75, 3.05) is 0 Å². The monoisotopic (exact) mass is 340 g/mol. The number of aliphatic carboxylic acids is 1. The first-order chi connectivity index (χ1) is 10.7. The van der Waals surface area contributed by atoms with Gasteiger partial charge in [0.2, 0.25) is 11.8 Å². The molecule has 23 heavy (non-hydrogen) atoms. The molecule has 1 unspecified atom stereocenters. The number of hydrogen-bond donors (Lipinski definition) is 3. The third kappa shape index (κ3) is 6.28. The largest absolute Gasteiger partial charge is 0.480 e. The average Bonchev–Trinajstić information content (AvgIpc) is 2.43. The number of nitrogens with one attached hydrogen (secondary N) is 2. The van der Waals surface area contributed by atoms with Crippen LogP contribution >= 0.6 is 11.6 Å². The van der Waals surface area contributed by atoms with Crippen molar-refractivity contribution in [3.05, 3.63) is 34.9 Å². The SMILES string of the molecule is CC(=O)NC(CC(=O)N[C@@H](C(=O)O)C(C)C)c1ccc(Cl)cc1. The summed E-state index contributed by atoms with van der Waals surface area (Å²) in [6.07, 6.45) is -0.0578. The summed E-state index contributed by atoms with van der Waals surface area (Å²) in [7, 11) is 0. The third-order valence-corrected chi connectivity index (χ3v) is 3.54. The molecule has 0 aromatic heterocycles.